The molecule has 18 heavy (non-hydrogen) atoms. The van der Waals surface area contributed by atoms with E-state index in [0.29, 0.717) is 0 Å². The van der Waals surface area contributed by atoms with Gasteiger partial charge in [-0.15, -0.1) is 0 Å². The van der Waals surface area contributed by atoms with Gasteiger partial charge in [0.1, 0.15) is 5.52 Å². The topological polar surface area (TPSA) is 49.5 Å². The summed E-state index contributed by atoms with van der Waals surface area (Å²) in [6.07, 6.45) is 2.40. The molecule has 0 bridgehead atoms. The standard InChI is InChI=1S/C14H20N2O2/c1-4-10(8-17)14(16(2)3)11-5-6-12-13(7-11)18-9-15-12/h5-7,9-10,14,17H,4,8H2,1-3H3. The Labute approximate surface area is 107 Å². The zero-order valence-electron chi connectivity index (χ0n) is 11.1. The molecule has 4 heteroatoms. The molecule has 2 rings (SSSR count). The third-order valence-corrected chi connectivity index (χ3v) is 3.46. The molecule has 0 fully saturated rings. The van der Waals surface area contributed by atoms with Gasteiger partial charge in [0.05, 0.1) is 0 Å². The van der Waals surface area contributed by atoms with Crippen LogP contribution in [0.25, 0.3) is 11.1 Å². The number of aliphatic hydroxyl groups is 1. The molecule has 0 amide bonds. The van der Waals surface area contributed by atoms with Crippen LogP contribution < -0.4 is 0 Å². The van der Waals surface area contributed by atoms with Gasteiger partial charge in [-0.1, -0.05) is 13.0 Å². The summed E-state index contributed by atoms with van der Waals surface area (Å²) in [5, 5.41) is 9.52. The van der Waals surface area contributed by atoms with E-state index >= 15 is 0 Å². The number of aliphatic hydroxyl groups excluding tert-OH is 1. The van der Waals surface area contributed by atoms with Crippen molar-refractivity contribution in [2.24, 2.45) is 5.92 Å². The predicted octanol–water partition coefficient (Wildman–Crippen LogP) is 2.45. The maximum absolute atomic E-state index is 9.52. The monoisotopic (exact) mass is 248 g/mol. The maximum atomic E-state index is 9.52. The van der Waals surface area contributed by atoms with Gasteiger partial charge in [0.15, 0.2) is 12.0 Å². The Balaban J connectivity index is 2.40. The highest BCUT2D eigenvalue weighted by Crippen LogP contribution is 2.30. The van der Waals surface area contributed by atoms with Crippen LogP contribution in [0.5, 0.6) is 0 Å². The van der Waals surface area contributed by atoms with E-state index in [1.165, 1.54) is 6.39 Å². The number of oxazole rings is 1. The molecule has 4 nitrogen and oxygen atoms in total. The molecule has 0 aliphatic heterocycles. The summed E-state index contributed by atoms with van der Waals surface area (Å²) in [6.45, 7) is 2.29. The van der Waals surface area contributed by atoms with Crippen molar-refractivity contribution in [1.82, 2.24) is 9.88 Å². The first-order valence-corrected chi connectivity index (χ1v) is 6.27. The van der Waals surface area contributed by atoms with Crippen molar-refractivity contribution in [3.8, 4) is 0 Å². The van der Waals surface area contributed by atoms with Crippen molar-refractivity contribution < 1.29 is 9.52 Å². The second kappa shape index (κ2) is 5.50. The van der Waals surface area contributed by atoms with Crippen molar-refractivity contribution in [3.05, 3.63) is 30.2 Å². The van der Waals surface area contributed by atoms with Crippen LogP contribution in [0.15, 0.2) is 29.0 Å². The van der Waals surface area contributed by atoms with Gasteiger partial charge in [-0.25, -0.2) is 4.98 Å². The lowest BCUT2D eigenvalue weighted by Crippen LogP contribution is -2.29. The van der Waals surface area contributed by atoms with E-state index in [-0.39, 0.29) is 18.6 Å². The van der Waals surface area contributed by atoms with E-state index in [1.54, 1.807) is 0 Å². The summed E-state index contributed by atoms with van der Waals surface area (Å²) in [7, 11) is 4.07. The second-order valence-corrected chi connectivity index (χ2v) is 4.84. The van der Waals surface area contributed by atoms with Gasteiger partial charge in [0, 0.05) is 18.6 Å². The smallest absolute Gasteiger partial charge is 0.181 e. The van der Waals surface area contributed by atoms with Crippen LogP contribution in [0.3, 0.4) is 0 Å². The third kappa shape index (κ3) is 2.40. The van der Waals surface area contributed by atoms with E-state index < -0.39 is 0 Å². The number of benzene rings is 1. The van der Waals surface area contributed by atoms with Crippen LogP contribution in [0.1, 0.15) is 24.9 Å². The SMILES string of the molecule is CCC(CO)C(c1ccc2ncoc2c1)N(C)C. The zero-order chi connectivity index (χ0) is 13.1. The predicted molar refractivity (Wildman–Crippen MR) is 71.3 cm³/mol. The fourth-order valence-electron chi connectivity index (χ4n) is 2.50. The van der Waals surface area contributed by atoms with Crippen LogP contribution >= 0.6 is 0 Å². The second-order valence-electron chi connectivity index (χ2n) is 4.84. The lowest BCUT2D eigenvalue weighted by molar-refractivity contribution is 0.130. The molecule has 0 aliphatic rings. The van der Waals surface area contributed by atoms with Gasteiger partial charge >= 0.3 is 0 Å². The Morgan fingerprint density at radius 3 is 2.78 bits per heavy atom. The average molecular weight is 248 g/mol. The fourth-order valence-corrected chi connectivity index (χ4v) is 2.50. The van der Waals surface area contributed by atoms with Crippen molar-refractivity contribution in [2.45, 2.75) is 19.4 Å². The van der Waals surface area contributed by atoms with Crippen LogP contribution in [0, 0.1) is 5.92 Å². The van der Waals surface area contributed by atoms with Gasteiger partial charge < -0.3 is 14.4 Å². The van der Waals surface area contributed by atoms with Gasteiger partial charge in [0.2, 0.25) is 0 Å². The lowest BCUT2D eigenvalue weighted by atomic mass is 9.90. The Morgan fingerprint density at radius 2 is 2.17 bits per heavy atom. The summed E-state index contributed by atoms with van der Waals surface area (Å²) in [6, 6.07) is 6.24. The summed E-state index contributed by atoms with van der Waals surface area (Å²) in [5.41, 5.74) is 2.82. The van der Waals surface area contributed by atoms with Crippen LogP contribution in [-0.4, -0.2) is 35.7 Å². The number of hydrogen-bond donors (Lipinski definition) is 1. The zero-order valence-corrected chi connectivity index (χ0v) is 11.1. The first-order chi connectivity index (χ1) is 8.67. The first-order valence-electron chi connectivity index (χ1n) is 6.27. The molecular weight excluding hydrogens is 228 g/mol. The number of nitrogens with zero attached hydrogens (tertiary/aromatic N) is 2. The van der Waals surface area contributed by atoms with Crippen LogP contribution in [0.2, 0.25) is 0 Å². The molecule has 1 aromatic carbocycles. The average Bonchev–Trinajstić information content (AvgIpc) is 2.82. The van der Waals surface area contributed by atoms with Crippen molar-refractivity contribution in [1.29, 1.82) is 0 Å². The molecule has 2 aromatic rings. The quantitative estimate of drug-likeness (QED) is 0.883. The van der Waals surface area contributed by atoms with E-state index in [4.69, 9.17) is 4.42 Å². The molecule has 98 valence electrons. The molecule has 1 aromatic heterocycles. The third-order valence-electron chi connectivity index (χ3n) is 3.46. The molecule has 0 saturated carbocycles. The molecule has 0 saturated heterocycles. The van der Waals surface area contributed by atoms with Crippen molar-refractivity contribution in [2.75, 3.05) is 20.7 Å². The first kappa shape index (κ1) is 13.1. The van der Waals surface area contributed by atoms with Gasteiger partial charge in [-0.3, -0.25) is 0 Å². The van der Waals surface area contributed by atoms with Crippen molar-refractivity contribution >= 4 is 11.1 Å². The molecule has 1 heterocycles. The van der Waals surface area contributed by atoms with E-state index in [1.807, 2.05) is 26.2 Å². The molecule has 2 unspecified atom stereocenters. The fraction of sp³-hybridized carbons (Fsp3) is 0.500. The highest BCUT2D eigenvalue weighted by molar-refractivity contribution is 5.72. The van der Waals surface area contributed by atoms with Gasteiger partial charge in [0.25, 0.3) is 0 Å². The summed E-state index contributed by atoms with van der Waals surface area (Å²) >= 11 is 0. The Kier molecular flexibility index (Phi) is 3.99. The largest absolute Gasteiger partial charge is 0.443 e. The van der Waals surface area contributed by atoms with E-state index in [2.05, 4.69) is 22.9 Å². The van der Waals surface area contributed by atoms with E-state index in [0.717, 1.165) is 23.1 Å². The van der Waals surface area contributed by atoms with Gasteiger partial charge in [-0.2, -0.15) is 0 Å². The van der Waals surface area contributed by atoms with E-state index in [9.17, 15) is 5.11 Å². The molecule has 1 N–H and O–H groups in total. The number of fused-ring (bicyclic) bond motifs is 1. The highest BCUT2D eigenvalue weighted by Gasteiger charge is 2.23. The summed E-state index contributed by atoms with van der Waals surface area (Å²) in [4.78, 5) is 6.26. The number of hydrogen-bond acceptors (Lipinski definition) is 4. The maximum Gasteiger partial charge on any atom is 0.181 e. The molecule has 0 spiro atoms. The van der Waals surface area contributed by atoms with Crippen LogP contribution in [0.4, 0.5) is 0 Å². The summed E-state index contributed by atoms with van der Waals surface area (Å²) in [5.74, 6) is 0.223. The van der Waals surface area contributed by atoms with Crippen molar-refractivity contribution in [3.63, 3.8) is 0 Å². The molecule has 2 atom stereocenters. The Hall–Kier alpha value is -1.39. The highest BCUT2D eigenvalue weighted by atomic mass is 16.3. The molecular formula is C14H20N2O2. The lowest BCUT2D eigenvalue weighted by Gasteiger charge is -2.31. The normalized spacial score (nSPS) is 15.2. The minimum atomic E-state index is 0.188. The molecule has 0 radical (unpaired) electrons. The Morgan fingerprint density at radius 1 is 1.39 bits per heavy atom. The minimum absolute atomic E-state index is 0.188. The summed E-state index contributed by atoms with van der Waals surface area (Å²) < 4.78 is 5.34. The Bertz CT molecular complexity index is 503. The van der Waals surface area contributed by atoms with Crippen LogP contribution in [-0.2, 0) is 0 Å². The molecule has 0 aliphatic carbocycles. The number of rotatable bonds is 5. The minimum Gasteiger partial charge on any atom is -0.443 e. The number of aromatic nitrogens is 1. The van der Waals surface area contributed by atoms with Gasteiger partial charge in [-0.05, 0) is 38.2 Å².